The van der Waals surface area contributed by atoms with Crippen LogP contribution in [0.15, 0.2) is 36.7 Å². The number of carbonyl (C=O) groups is 1. The van der Waals surface area contributed by atoms with E-state index in [1.165, 1.54) is 12.4 Å². The van der Waals surface area contributed by atoms with Gasteiger partial charge in [-0.2, -0.15) is 4.98 Å². The molecule has 0 saturated heterocycles. The van der Waals surface area contributed by atoms with Crippen molar-refractivity contribution in [1.82, 2.24) is 9.97 Å². The molecule has 0 unspecified atom stereocenters. The Labute approximate surface area is 115 Å². The quantitative estimate of drug-likeness (QED) is 0.804. The van der Waals surface area contributed by atoms with Crippen molar-refractivity contribution in [2.75, 3.05) is 6.61 Å². The van der Waals surface area contributed by atoms with Gasteiger partial charge in [-0.1, -0.05) is 11.6 Å². The van der Waals surface area contributed by atoms with Gasteiger partial charge in [-0.25, -0.2) is 4.79 Å². The Bertz CT molecular complexity index is 572. The van der Waals surface area contributed by atoms with E-state index in [-0.39, 0.29) is 17.0 Å². The van der Waals surface area contributed by atoms with Gasteiger partial charge in [0.2, 0.25) is 5.88 Å². The van der Waals surface area contributed by atoms with E-state index >= 15 is 0 Å². The van der Waals surface area contributed by atoms with Crippen LogP contribution in [-0.2, 0) is 4.74 Å². The monoisotopic (exact) mass is 278 g/mol. The van der Waals surface area contributed by atoms with Crippen LogP contribution in [0.3, 0.4) is 0 Å². The van der Waals surface area contributed by atoms with Crippen LogP contribution in [0.4, 0.5) is 0 Å². The van der Waals surface area contributed by atoms with E-state index in [0.29, 0.717) is 17.9 Å². The summed E-state index contributed by atoms with van der Waals surface area (Å²) in [7, 11) is 0. The highest BCUT2D eigenvalue weighted by Crippen LogP contribution is 2.20. The molecule has 0 radical (unpaired) electrons. The molecule has 0 atom stereocenters. The van der Waals surface area contributed by atoms with Gasteiger partial charge in [0.25, 0.3) is 0 Å². The Kier molecular flexibility index (Phi) is 4.30. The first-order chi connectivity index (χ1) is 9.19. The highest BCUT2D eigenvalue weighted by Gasteiger charge is 2.06. The number of hydrogen-bond donors (Lipinski definition) is 0. The van der Waals surface area contributed by atoms with Crippen LogP contribution < -0.4 is 4.74 Å². The number of hydrogen-bond acceptors (Lipinski definition) is 5. The van der Waals surface area contributed by atoms with E-state index in [2.05, 4.69) is 9.97 Å². The fraction of sp³-hybridized carbons (Fsp3) is 0.154. The van der Waals surface area contributed by atoms with E-state index in [9.17, 15) is 4.79 Å². The number of nitrogens with zero attached hydrogens (tertiary/aromatic N) is 2. The van der Waals surface area contributed by atoms with Gasteiger partial charge in [0.05, 0.1) is 24.6 Å². The maximum Gasteiger partial charge on any atom is 0.338 e. The van der Waals surface area contributed by atoms with Crippen LogP contribution in [0.5, 0.6) is 11.6 Å². The number of rotatable bonds is 4. The third-order valence-corrected chi connectivity index (χ3v) is 2.35. The SMILES string of the molecule is CCOC(=O)c1ccc(Oc2cncc(Cl)n2)cc1. The summed E-state index contributed by atoms with van der Waals surface area (Å²) in [6.45, 7) is 2.10. The first kappa shape index (κ1) is 13.3. The molecule has 0 N–H and O–H groups in total. The lowest BCUT2D eigenvalue weighted by Crippen LogP contribution is -2.04. The minimum atomic E-state index is -0.364. The average molecular weight is 279 g/mol. The fourth-order valence-electron chi connectivity index (χ4n) is 1.37. The summed E-state index contributed by atoms with van der Waals surface area (Å²) in [5, 5.41) is 0.251. The van der Waals surface area contributed by atoms with Gasteiger partial charge in [0.15, 0.2) is 5.15 Å². The van der Waals surface area contributed by atoms with Gasteiger partial charge in [-0.15, -0.1) is 0 Å². The van der Waals surface area contributed by atoms with Crippen molar-refractivity contribution in [2.45, 2.75) is 6.92 Å². The molecule has 1 aromatic heterocycles. The molecule has 1 aromatic carbocycles. The van der Waals surface area contributed by atoms with Gasteiger partial charge in [0.1, 0.15) is 5.75 Å². The summed E-state index contributed by atoms with van der Waals surface area (Å²) < 4.78 is 10.3. The Hall–Kier alpha value is -2.14. The summed E-state index contributed by atoms with van der Waals surface area (Å²) in [6, 6.07) is 6.53. The summed E-state index contributed by atoms with van der Waals surface area (Å²) in [6.07, 6.45) is 2.86. The summed E-state index contributed by atoms with van der Waals surface area (Å²) >= 11 is 5.70. The number of carbonyl (C=O) groups excluding carboxylic acids is 1. The lowest BCUT2D eigenvalue weighted by molar-refractivity contribution is 0.0526. The fourth-order valence-corrected chi connectivity index (χ4v) is 1.51. The minimum Gasteiger partial charge on any atom is -0.462 e. The normalized spacial score (nSPS) is 10.0. The van der Waals surface area contributed by atoms with Crippen molar-refractivity contribution in [1.29, 1.82) is 0 Å². The third-order valence-electron chi connectivity index (χ3n) is 2.17. The van der Waals surface area contributed by atoms with Crippen LogP contribution in [0, 0.1) is 0 Å². The van der Waals surface area contributed by atoms with Gasteiger partial charge in [-0.05, 0) is 31.2 Å². The minimum absolute atomic E-state index is 0.251. The maximum absolute atomic E-state index is 11.5. The van der Waals surface area contributed by atoms with E-state index in [1.54, 1.807) is 31.2 Å². The van der Waals surface area contributed by atoms with Gasteiger partial charge in [0, 0.05) is 0 Å². The number of halogens is 1. The predicted octanol–water partition coefficient (Wildman–Crippen LogP) is 3.10. The summed E-state index contributed by atoms with van der Waals surface area (Å²) in [5.41, 5.74) is 0.464. The number of ether oxygens (including phenoxy) is 2. The zero-order valence-corrected chi connectivity index (χ0v) is 10.9. The molecule has 2 aromatic rings. The van der Waals surface area contributed by atoms with Crippen LogP contribution in [0.1, 0.15) is 17.3 Å². The Morgan fingerprint density at radius 2 is 2.00 bits per heavy atom. The summed E-state index contributed by atoms with van der Waals surface area (Å²) in [5.74, 6) is 0.456. The second-order valence-electron chi connectivity index (χ2n) is 3.53. The Morgan fingerprint density at radius 3 is 2.63 bits per heavy atom. The molecule has 5 nitrogen and oxygen atoms in total. The highest BCUT2D eigenvalue weighted by atomic mass is 35.5. The first-order valence-electron chi connectivity index (χ1n) is 5.61. The van der Waals surface area contributed by atoms with E-state index in [1.807, 2.05) is 0 Å². The third kappa shape index (κ3) is 3.66. The first-order valence-corrected chi connectivity index (χ1v) is 5.99. The molecule has 0 spiro atoms. The van der Waals surface area contributed by atoms with Gasteiger partial charge >= 0.3 is 5.97 Å². The molecule has 0 bridgehead atoms. The van der Waals surface area contributed by atoms with Crippen molar-refractivity contribution in [3.63, 3.8) is 0 Å². The maximum atomic E-state index is 11.5. The molecular weight excluding hydrogens is 268 g/mol. The molecule has 0 aliphatic carbocycles. The number of aromatic nitrogens is 2. The van der Waals surface area contributed by atoms with Gasteiger partial charge < -0.3 is 9.47 Å². The number of benzene rings is 1. The molecule has 0 saturated carbocycles. The smallest absolute Gasteiger partial charge is 0.338 e. The van der Waals surface area contributed by atoms with Crippen molar-refractivity contribution < 1.29 is 14.3 Å². The van der Waals surface area contributed by atoms with Crippen LogP contribution in [-0.4, -0.2) is 22.5 Å². The lowest BCUT2D eigenvalue weighted by atomic mass is 10.2. The van der Waals surface area contributed by atoms with E-state index < -0.39 is 0 Å². The average Bonchev–Trinajstić information content (AvgIpc) is 2.40. The molecule has 0 amide bonds. The topological polar surface area (TPSA) is 61.3 Å². The summed E-state index contributed by atoms with van der Waals surface area (Å²) in [4.78, 5) is 19.3. The van der Waals surface area contributed by atoms with E-state index in [0.717, 1.165) is 0 Å². The molecule has 6 heteroatoms. The van der Waals surface area contributed by atoms with Gasteiger partial charge in [-0.3, -0.25) is 4.98 Å². The van der Waals surface area contributed by atoms with Crippen LogP contribution in [0.25, 0.3) is 0 Å². The zero-order chi connectivity index (χ0) is 13.7. The van der Waals surface area contributed by atoms with E-state index in [4.69, 9.17) is 21.1 Å². The molecule has 19 heavy (non-hydrogen) atoms. The molecule has 1 heterocycles. The Morgan fingerprint density at radius 1 is 1.26 bits per heavy atom. The lowest BCUT2D eigenvalue weighted by Gasteiger charge is -2.05. The molecular formula is C13H11ClN2O3. The second kappa shape index (κ2) is 6.15. The van der Waals surface area contributed by atoms with Crippen LogP contribution in [0.2, 0.25) is 5.15 Å². The Balaban J connectivity index is 2.08. The molecule has 0 fully saturated rings. The van der Waals surface area contributed by atoms with Crippen LogP contribution >= 0.6 is 11.6 Å². The highest BCUT2D eigenvalue weighted by molar-refractivity contribution is 6.29. The van der Waals surface area contributed by atoms with Crippen molar-refractivity contribution >= 4 is 17.6 Å². The largest absolute Gasteiger partial charge is 0.462 e. The standard InChI is InChI=1S/C13H11ClN2O3/c1-2-18-13(17)9-3-5-10(6-4-9)19-12-8-15-7-11(14)16-12/h3-8H,2H2,1H3. The molecule has 98 valence electrons. The number of esters is 1. The predicted molar refractivity (Wildman–Crippen MR) is 69.5 cm³/mol. The van der Waals surface area contributed by atoms with Crippen molar-refractivity contribution in [3.05, 3.63) is 47.4 Å². The zero-order valence-electron chi connectivity index (χ0n) is 10.2. The van der Waals surface area contributed by atoms with Crippen molar-refractivity contribution in [2.24, 2.45) is 0 Å². The molecule has 0 aliphatic heterocycles. The molecule has 2 rings (SSSR count). The second-order valence-corrected chi connectivity index (χ2v) is 3.91. The van der Waals surface area contributed by atoms with Crippen molar-refractivity contribution in [3.8, 4) is 11.6 Å². The molecule has 0 aliphatic rings.